The second-order valence-electron chi connectivity index (χ2n) is 6.79. The summed E-state index contributed by atoms with van der Waals surface area (Å²) in [5, 5.41) is 3.82. The van der Waals surface area contributed by atoms with Crippen LogP contribution in [0.1, 0.15) is 44.1 Å². The van der Waals surface area contributed by atoms with Crippen LogP contribution in [0.25, 0.3) is 0 Å². The first-order valence-corrected chi connectivity index (χ1v) is 8.51. The molecule has 3 aliphatic rings. The van der Waals surface area contributed by atoms with Gasteiger partial charge in [0.05, 0.1) is 19.8 Å². The number of ether oxygens (including phenoxy) is 3. The Morgan fingerprint density at radius 3 is 2.64 bits per heavy atom. The van der Waals surface area contributed by atoms with Gasteiger partial charge in [-0.3, -0.25) is 0 Å². The highest BCUT2D eigenvalue weighted by atomic mass is 16.7. The van der Waals surface area contributed by atoms with E-state index in [1.807, 2.05) is 6.07 Å². The Morgan fingerprint density at radius 2 is 1.86 bits per heavy atom. The van der Waals surface area contributed by atoms with Crippen LogP contribution in [-0.4, -0.2) is 37.7 Å². The molecule has 1 N–H and O–H groups in total. The van der Waals surface area contributed by atoms with Gasteiger partial charge in [-0.25, -0.2) is 0 Å². The summed E-state index contributed by atoms with van der Waals surface area (Å²) in [5.74, 6) is 1.24. The highest BCUT2D eigenvalue weighted by molar-refractivity contribution is 5.40. The summed E-state index contributed by atoms with van der Waals surface area (Å²) >= 11 is 0. The highest BCUT2D eigenvalue weighted by Gasteiger charge is 2.41. The van der Waals surface area contributed by atoms with Crippen molar-refractivity contribution in [3.63, 3.8) is 0 Å². The Hall–Kier alpha value is -1.10. The normalized spacial score (nSPS) is 28.5. The smallest absolute Gasteiger partial charge is 0.168 e. The number of para-hydroxylation sites is 1. The van der Waals surface area contributed by atoms with Crippen molar-refractivity contribution in [1.82, 2.24) is 5.32 Å². The zero-order valence-electron chi connectivity index (χ0n) is 13.2. The van der Waals surface area contributed by atoms with E-state index in [0.29, 0.717) is 18.0 Å². The van der Waals surface area contributed by atoms with E-state index in [1.54, 1.807) is 0 Å². The molecule has 1 aromatic rings. The number of rotatable bonds is 3. The molecule has 1 spiro atoms. The lowest BCUT2D eigenvalue weighted by molar-refractivity contribution is -0.179. The first-order valence-electron chi connectivity index (χ1n) is 8.51. The molecular weight excluding hydrogens is 278 g/mol. The zero-order valence-corrected chi connectivity index (χ0v) is 13.2. The minimum atomic E-state index is -0.259. The van der Waals surface area contributed by atoms with Crippen molar-refractivity contribution >= 4 is 0 Å². The molecule has 2 atom stereocenters. The van der Waals surface area contributed by atoms with Crippen LogP contribution in [-0.2, 0) is 9.47 Å². The number of benzene rings is 1. The van der Waals surface area contributed by atoms with E-state index in [-0.39, 0.29) is 5.79 Å². The monoisotopic (exact) mass is 303 g/mol. The van der Waals surface area contributed by atoms with E-state index >= 15 is 0 Å². The summed E-state index contributed by atoms with van der Waals surface area (Å²) in [6.45, 7) is 4.58. The summed E-state index contributed by atoms with van der Waals surface area (Å²) in [5.41, 5.74) is 1.34. The molecule has 0 aromatic heterocycles. The van der Waals surface area contributed by atoms with Gasteiger partial charge in [0.25, 0.3) is 0 Å². The molecule has 2 aliphatic heterocycles. The van der Waals surface area contributed by atoms with E-state index in [4.69, 9.17) is 14.2 Å². The number of hydrogen-bond donors (Lipinski definition) is 1. The van der Waals surface area contributed by atoms with E-state index in [9.17, 15) is 0 Å². The van der Waals surface area contributed by atoms with Gasteiger partial charge in [0.1, 0.15) is 5.75 Å². The predicted octanol–water partition coefficient (Wildman–Crippen LogP) is 2.83. The Balaban J connectivity index is 1.34. The second kappa shape index (κ2) is 5.84. The molecule has 1 saturated carbocycles. The molecular formula is C18H25NO3. The van der Waals surface area contributed by atoms with Gasteiger partial charge in [0.15, 0.2) is 5.79 Å². The molecule has 22 heavy (non-hydrogen) atoms. The molecule has 0 amide bonds. The number of fused-ring (bicyclic) bond motifs is 1. The van der Waals surface area contributed by atoms with Crippen molar-refractivity contribution in [2.45, 2.75) is 56.4 Å². The SMILES string of the molecule is C[C@@H](NC1CCC2(CC1)OCCO2)[C@H]1COc2ccccc21. The third-order valence-electron chi connectivity index (χ3n) is 5.40. The van der Waals surface area contributed by atoms with Crippen LogP contribution in [0.3, 0.4) is 0 Å². The van der Waals surface area contributed by atoms with E-state index < -0.39 is 0 Å². The zero-order chi connectivity index (χ0) is 15.0. The average molecular weight is 303 g/mol. The molecule has 2 heterocycles. The van der Waals surface area contributed by atoms with Crippen molar-refractivity contribution in [1.29, 1.82) is 0 Å². The fraction of sp³-hybridized carbons (Fsp3) is 0.667. The maximum absolute atomic E-state index is 5.82. The van der Waals surface area contributed by atoms with E-state index in [1.165, 1.54) is 5.56 Å². The summed E-state index contributed by atoms with van der Waals surface area (Å²) in [6, 6.07) is 9.39. The molecule has 0 bridgehead atoms. The quantitative estimate of drug-likeness (QED) is 0.932. The average Bonchev–Trinajstić information content (AvgIpc) is 3.17. The lowest BCUT2D eigenvalue weighted by atomic mass is 9.88. The minimum absolute atomic E-state index is 0.259. The maximum atomic E-state index is 5.82. The summed E-state index contributed by atoms with van der Waals surface area (Å²) in [7, 11) is 0. The van der Waals surface area contributed by atoms with Crippen LogP contribution >= 0.6 is 0 Å². The first kappa shape index (κ1) is 14.5. The van der Waals surface area contributed by atoms with Crippen LogP contribution in [0.2, 0.25) is 0 Å². The Bertz CT molecular complexity index is 517. The lowest BCUT2D eigenvalue weighted by Crippen LogP contribution is -2.46. The van der Waals surface area contributed by atoms with Crippen LogP contribution in [0.15, 0.2) is 24.3 Å². The lowest BCUT2D eigenvalue weighted by Gasteiger charge is -2.37. The number of nitrogens with one attached hydrogen (secondary N) is 1. The van der Waals surface area contributed by atoms with Crippen molar-refractivity contribution in [3.05, 3.63) is 29.8 Å². The highest BCUT2D eigenvalue weighted by Crippen LogP contribution is 2.38. The van der Waals surface area contributed by atoms with Gasteiger partial charge in [0.2, 0.25) is 0 Å². The van der Waals surface area contributed by atoms with Gasteiger partial charge in [0, 0.05) is 36.4 Å². The summed E-state index contributed by atoms with van der Waals surface area (Å²) in [4.78, 5) is 0. The van der Waals surface area contributed by atoms with Crippen LogP contribution in [0.5, 0.6) is 5.75 Å². The van der Waals surface area contributed by atoms with Gasteiger partial charge >= 0.3 is 0 Å². The topological polar surface area (TPSA) is 39.7 Å². The Morgan fingerprint density at radius 1 is 1.14 bits per heavy atom. The second-order valence-corrected chi connectivity index (χ2v) is 6.79. The van der Waals surface area contributed by atoms with Crippen LogP contribution in [0, 0.1) is 0 Å². The standard InChI is InChI=1S/C18H25NO3/c1-13(16-12-20-17-5-3-2-4-15(16)17)19-14-6-8-18(9-7-14)21-10-11-22-18/h2-5,13-14,16,19H,6-12H2,1H3/t13-,16-/m1/s1. The largest absolute Gasteiger partial charge is 0.493 e. The molecule has 0 unspecified atom stereocenters. The fourth-order valence-corrected chi connectivity index (χ4v) is 4.10. The molecule has 4 nitrogen and oxygen atoms in total. The molecule has 1 saturated heterocycles. The fourth-order valence-electron chi connectivity index (χ4n) is 4.10. The van der Waals surface area contributed by atoms with Crippen molar-refractivity contribution < 1.29 is 14.2 Å². The Labute approximate surface area is 132 Å². The predicted molar refractivity (Wildman–Crippen MR) is 84.2 cm³/mol. The van der Waals surface area contributed by atoms with Crippen LogP contribution < -0.4 is 10.1 Å². The van der Waals surface area contributed by atoms with Gasteiger partial charge in [-0.2, -0.15) is 0 Å². The van der Waals surface area contributed by atoms with E-state index in [0.717, 1.165) is 51.3 Å². The Kier molecular flexibility index (Phi) is 3.84. The third kappa shape index (κ3) is 2.64. The molecule has 120 valence electrons. The molecule has 4 heteroatoms. The van der Waals surface area contributed by atoms with E-state index in [2.05, 4.69) is 30.4 Å². The number of hydrogen-bond acceptors (Lipinski definition) is 4. The van der Waals surface area contributed by atoms with Crippen molar-refractivity contribution in [2.24, 2.45) is 0 Å². The van der Waals surface area contributed by atoms with Crippen molar-refractivity contribution in [2.75, 3.05) is 19.8 Å². The molecule has 2 fully saturated rings. The van der Waals surface area contributed by atoms with Gasteiger partial charge in [-0.05, 0) is 25.8 Å². The van der Waals surface area contributed by atoms with Crippen molar-refractivity contribution in [3.8, 4) is 5.75 Å². The molecule has 0 radical (unpaired) electrons. The first-order chi connectivity index (χ1) is 10.8. The van der Waals surface area contributed by atoms with Gasteiger partial charge in [-0.15, -0.1) is 0 Å². The van der Waals surface area contributed by atoms with Gasteiger partial charge in [-0.1, -0.05) is 18.2 Å². The van der Waals surface area contributed by atoms with Gasteiger partial charge < -0.3 is 19.5 Å². The maximum Gasteiger partial charge on any atom is 0.168 e. The molecule has 1 aromatic carbocycles. The molecule has 1 aliphatic carbocycles. The minimum Gasteiger partial charge on any atom is -0.493 e. The summed E-state index contributed by atoms with van der Waals surface area (Å²) in [6.07, 6.45) is 4.27. The molecule has 4 rings (SSSR count). The summed E-state index contributed by atoms with van der Waals surface area (Å²) < 4.78 is 17.4. The van der Waals surface area contributed by atoms with Crippen LogP contribution in [0.4, 0.5) is 0 Å². The third-order valence-corrected chi connectivity index (χ3v) is 5.40.